The van der Waals surface area contributed by atoms with E-state index in [4.69, 9.17) is 4.74 Å². The molecule has 10 heteroatoms. The van der Waals surface area contributed by atoms with Gasteiger partial charge in [-0.2, -0.15) is 0 Å². The van der Waals surface area contributed by atoms with Crippen molar-refractivity contribution in [2.24, 2.45) is 4.99 Å². The predicted molar refractivity (Wildman–Crippen MR) is 109 cm³/mol. The molecule has 0 aromatic heterocycles. The molecule has 144 valence electrons. The van der Waals surface area contributed by atoms with Crippen LogP contribution < -0.4 is 20.1 Å². The molecular weight excluding hydrogens is 462 g/mol. The van der Waals surface area contributed by atoms with Gasteiger partial charge >= 0.3 is 0 Å². The molecule has 0 aliphatic carbocycles. The smallest absolute Gasteiger partial charge is 0.208 e. The Morgan fingerprint density at radius 3 is 2.64 bits per heavy atom. The molecule has 1 atom stereocenters. The monoisotopic (exact) mass is 488 g/mol. The van der Waals surface area contributed by atoms with Crippen LogP contribution in [0, 0.1) is 5.82 Å². The second-order valence-corrected chi connectivity index (χ2v) is 7.03. The van der Waals surface area contributed by atoms with Crippen molar-refractivity contribution in [2.45, 2.75) is 20.0 Å². The number of ether oxygens (including phenoxy) is 1. The standard InChI is InChI=1S/C15H25FN4O3S.HI/c1-4-17-15(18-8-9-20-24(3,21)22)19-11-12(2)23-14-7-5-6-13(16)10-14;/h5-7,10,12,20H,4,8-9,11H2,1-3H3,(H2,17,18,19);1H. The largest absolute Gasteiger partial charge is 0.489 e. The molecule has 0 spiro atoms. The van der Waals surface area contributed by atoms with Crippen LogP contribution in [0.3, 0.4) is 0 Å². The summed E-state index contributed by atoms with van der Waals surface area (Å²) in [5.41, 5.74) is 0. The van der Waals surface area contributed by atoms with Crippen molar-refractivity contribution < 1.29 is 17.5 Å². The zero-order valence-electron chi connectivity index (χ0n) is 14.6. The molecule has 25 heavy (non-hydrogen) atoms. The number of guanidine groups is 1. The van der Waals surface area contributed by atoms with E-state index >= 15 is 0 Å². The Morgan fingerprint density at radius 1 is 1.32 bits per heavy atom. The minimum absolute atomic E-state index is 0. The summed E-state index contributed by atoms with van der Waals surface area (Å²) in [6.45, 7) is 5.47. The number of sulfonamides is 1. The van der Waals surface area contributed by atoms with Crippen LogP contribution in [0.15, 0.2) is 29.3 Å². The Hall–Kier alpha value is -1.14. The average Bonchev–Trinajstić information content (AvgIpc) is 2.48. The van der Waals surface area contributed by atoms with Crippen molar-refractivity contribution in [1.82, 2.24) is 15.4 Å². The molecule has 1 aromatic carbocycles. The topological polar surface area (TPSA) is 91.8 Å². The van der Waals surface area contributed by atoms with E-state index in [1.165, 1.54) is 12.1 Å². The molecule has 0 aliphatic heterocycles. The molecule has 7 nitrogen and oxygen atoms in total. The van der Waals surface area contributed by atoms with E-state index in [1.807, 2.05) is 13.8 Å². The summed E-state index contributed by atoms with van der Waals surface area (Å²) in [7, 11) is -3.20. The lowest BCUT2D eigenvalue weighted by Gasteiger charge is -2.15. The van der Waals surface area contributed by atoms with Gasteiger partial charge in [-0.05, 0) is 26.0 Å². The number of nitrogens with zero attached hydrogens (tertiary/aromatic N) is 1. The third-order valence-electron chi connectivity index (χ3n) is 2.77. The fourth-order valence-electron chi connectivity index (χ4n) is 1.79. The van der Waals surface area contributed by atoms with Crippen LogP contribution in [-0.2, 0) is 10.0 Å². The predicted octanol–water partition coefficient (Wildman–Crippen LogP) is 1.32. The van der Waals surface area contributed by atoms with Crippen LogP contribution in [0.4, 0.5) is 4.39 Å². The average molecular weight is 488 g/mol. The Bertz CT molecular complexity index is 643. The number of nitrogens with one attached hydrogen (secondary N) is 3. The highest BCUT2D eigenvalue weighted by Gasteiger charge is 2.06. The molecule has 0 saturated heterocycles. The number of rotatable bonds is 9. The second kappa shape index (κ2) is 12.3. The van der Waals surface area contributed by atoms with Crippen molar-refractivity contribution in [3.05, 3.63) is 30.1 Å². The molecule has 0 saturated carbocycles. The number of halogens is 2. The van der Waals surface area contributed by atoms with Crippen molar-refractivity contribution in [1.29, 1.82) is 0 Å². The summed E-state index contributed by atoms with van der Waals surface area (Å²) in [6.07, 6.45) is 0.869. The maximum atomic E-state index is 13.1. The SMILES string of the molecule is CCNC(=NCC(C)Oc1cccc(F)c1)NCCNS(C)(=O)=O.I. The zero-order valence-corrected chi connectivity index (χ0v) is 17.7. The van der Waals surface area contributed by atoms with Gasteiger partial charge < -0.3 is 15.4 Å². The quantitative estimate of drug-likeness (QED) is 0.211. The minimum Gasteiger partial charge on any atom is -0.489 e. The Morgan fingerprint density at radius 2 is 2.04 bits per heavy atom. The van der Waals surface area contributed by atoms with Crippen LogP contribution in [0.5, 0.6) is 5.75 Å². The van der Waals surface area contributed by atoms with Crippen LogP contribution in [0.25, 0.3) is 0 Å². The third kappa shape index (κ3) is 11.9. The Labute approximate surface area is 165 Å². The van der Waals surface area contributed by atoms with E-state index in [9.17, 15) is 12.8 Å². The minimum atomic E-state index is -3.20. The molecule has 0 heterocycles. The van der Waals surface area contributed by atoms with E-state index in [0.29, 0.717) is 31.3 Å². The number of aliphatic imine (C=N–C) groups is 1. The molecule has 0 fully saturated rings. The number of hydrogen-bond donors (Lipinski definition) is 3. The maximum Gasteiger partial charge on any atom is 0.208 e. The molecular formula is C15H26FIN4O3S. The first-order valence-corrected chi connectivity index (χ1v) is 9.58. The second-order valence-electron chi connectivity index (χ2n) is 5.20. The normalized spacial score (nSPS) is 12.9. The van der Waals surface area contributed by atoms with Crippen LogP contribution in [0.2, 0.25) is 0 Å². The summed E-state index contributed by atoms with van der Waals surface area (Å²) in [5, 5.41) is 6.07. The van der Waals surface area contributed by atoms with Crippen molar-refractivity contribution in [3.8, 4) is 5.75 Å². The van der Waals surface area contributed by atoms with Crippen LogP contribution >= 0.6 is 24.0 Å². The highest BCUT2D eigenvalue weighted by molar-refractivity contribution is 14.0. The van der Waals surface area contributed by atoms with E-state index in [1.54, 1.807) is 12.1 Å². The molecule has 0 radical (unpaired) electrons. The lowest BCUT2D eigenvalue weighted by molar-refractivity contribution is 0.229. The fourth-order valence-corrected chi connectivity index (χ4v) is 2.26. The zero-order chi connectivity index (χ0) is 18.0. The van der Waals surface area contributed by atoms with Crippen molar-refractivity contribution in [3.63, 3.8) is 0 Å². The molecule has 0 amide bonds. The van der Waals surface area contributed by atoms with E-state index in [0.717, 1.165) is 6.26 Å². The Balaban J connectivity index is 0.00000576. The summed E-state index contributed by atoms with van der Waals surface area (Å²) >= 11 is 0. The first kappa shape index (κ1) is 23.9. The van der Waals surface area contributed by atoms with Gasteiger partial charge in [0.25, 0.3) is 0 Å². The van der Waals surface area contributed by atoms with E-state index in [-0.39, 0.29) is 42.4 Å². The number of benzene rings is 1. The van der Waals surface area contributed by atoms with Gasteiger partial charge in [-0.1, -0.05) is 6.07 Å². The van der Waals surface area contributed by atoms with Gasteiger partial charge in [0.15, 0.2) is 5.96 Å². The van der Waals surface area contributed by atoms with Gasteiger partial charge in [-0.25, -0.2) is 22.5 Å². The highest BCUT2D eigenvalue weighted by atomic mass is 127. The lowest BCUT2D eigenvalue weighted by atomic mass is 10.3. The first-order chi connectivity index (χ1) is 11.3. The van der Waals surface area contributed by atoms with Crippen molar-refractivity contribution >= 4 is 40.0 Å². The molecule has 0 bridgehead atoms. The molecule has 1 unspecified atom stereocenters. The summed E-state index contributed by atoms with van der Waals surface area (Å²) in [4.78, 5) is 4.36. The molecule has 0 aliphatic rings. The van der Waals surface area contributed by atoms with Gasteiger partial charge in [0.2, 0.25) is 10.0 Å². The van der Waals surface area contributed by atoms with Crippen LogP contribution in [-0.4, -0.2) is 52.9 Å². The summed E-state index contributed by atoms with van der Waals surface area (Å²) < 4.78 is 43.1. The molecule has 1 rings (SSSR count). The van der Waals surface area contributed by atoms with E-state index < -0.39 is 10.0 Å². The Kier molecular flexibility index (Phi) is 11.7. The van der Waals surface area contributed by atoms with Gasteiger partial charge in [0, 0.05) is 25.7 Å². The summed E-state index contributed by atoms with van der Waals surface area (Å²) in [5.74, 6) is 0.659. The van der Waals surface area contributed by atoms with E-state index in [2.05, 4.69) is 20.3 Å². The lowest BCUT2D eigenvalue weighted by Crippen LogP contribution is -2.41. The van der Waals surface area contributed by atoms with Gasteiger partial charge in [0.1, 0.15) is 17.7 Å². The molecule has 3 N–H and O–H groups in total. The van der Waals surface area contributed by atoms with Crippen LogP contribution in [0.1, 0.15) is 13.8 Å². The van der Waals surface area contributed by atoms with Crippen molar-refractivity contribution in [2.75, 3.05) is 32.4 Å². The third-order valence-corrected chi connectivity index (χ3v) is 3.49. The fraction of sp³-hybridized carbons (Fsp3) is 0.533. The van der Waals surface area contributed by atoms with Gasteiger partial charge in [-0.3, -0.25) is 0 Å². The maximum absolute atomic E-state index is 13.1. The van der Waals surface area contributed by atoms with Gasteiger partial charge in [-0.15, -0.1) is 24.0 Å². The highest BCUT2D eigenvalue weighted by Crippen LogP contribution is 2.13. The van der Waals surface area contributed by atoms with Gasteiger partial charge in [0.05, 0.1) is 12.8 Å². The number of hydrogen-bond acceptors (Lipinski definition) is 4. The first-order valence-electron chi connectivity index (χ1n) is 7.69. The summed E-state index contributed by atoms with van der Waals surface area (Å²) in [6, 6.07) is 5.94. The molecule has 1 aromatic rings.